The summed E-state index contributed by atoms with van der Waals surface area (Å²) < 4.78 is 0. The minimum Gasteiger partial charge on any atom is -0.378 e. The summed E-state index contributed by atoms with van der Waals surface area (Å²) in [6.07, 6.45) is 4.51. The lowest BCUT2D eigenvalue weighted by molar-refractivity contribution is -0.128. The second kappa shape index (κ2) is 9.79. The van der Waals surface area contributed by atoms with Crippen molar-refractivity contribution in [1.82, 2.24) is 4.90 Å². The molecule has 2 aromatic rings. The molecule has 0 saturated carbocycles. The van der Waals surface area contributed by atoms with Gasteiger partial charge in [0.1, 0.15) is 11.6 Å². The van der Waals surface area contributed by atoms with Crippen molar-refractivity contribution in [3.05, 3.63) is 71.9 Å². The zero-order valence-electron chi connectivity index (χ0n) is 17.1. The monoisotopic (exact) mass is 388 g/mol. The first-order chi connectivity index (χ1) is 14.1. The van der Waals surface area contributed by atoms with E-state index in [1.165, 1.54) is 11.8 Å². The van der Waals surface area contributed by atoms with Gasteiger partial charge < -0.3 is 15.1 Å². The van der Waals surface area contributed by atoms with Crippen LogP contribution in [0.1, 0.15) is 18.4 Å². The van der Waals surface area contributed by atoms with E-state index in [1.807, 2.05) is 55.4 Å². The van der Waals surface area contributed by atoms with Crippen LogP contribution in [0.5, 0.6) is 0 Å². The van der Waals surface area contributed by atoms with Gasteiger partial charge in [0.2, 0.25) is 0 Å². The van der Waals surface area contributed by atoms with Crippen LogP contribution in [0.15, 0.2) is 66.4 Å². The van der Waals surface area contributed by atoms with Gasteiger partial charge in [0, 0.05) is 44.8 Å². The summed E-state index contributed by atoms with van der Waals surface area (Å²) in [5.74, 6) is 0.396. The number of hydrogen-bond donors (Lipinski definition) is 1. The lowest BCUT2D eigenvalue weighted by atomic mass is 9.90. The van der Waals surface area contributed by atoms with E-state index in [9.17, 15) is 10.1 Å². The molecule has 1 saturated heterocycles. The number of anilines is 2. The van der Waals surface area contributed by atoms with E-state index in [2.05, 4.69) is 29.6 Å². The van der Waals surface area contributed by atoms with Crippen molar-refractivity contribution in [1.29, 1.82) is 5.26 Å². The van der Waals surface area contributed by atoms with Crippen LogP contribution in [0.4, 0.5) is 11.4 Å². The Bertz CT molecular complexity index is 873. The topological polar surface area (TPSA) is 59.4 Å². The highest BCUT2D eigenvalue weighted by Crippen LogP contribution is 2.23. The van der Waals surface area contributed by atoms with Crippen molar-refractivity contribution in [2.75, 3.05) is 37.4 Å². The molecule has 5 heteroatoms. The molecule has 0 aromatic heterocycles. The van der Waals surface area contributed by atoms with Gasteiger partial charge in [-0.1, -0.05) is 30.3 Å². The fraction of sp³-hybridized carbons (Fsp3) is 0.333. The first kappa shape index (κ1) is 20.5. The fourth-order valence-electron chi connectivity index (χ4n) is 3.61. The Morgan fingerprint density at radius 2 is 1.79 bits per heavy atom. The normalized spacial score (nSPS) is 14.9. The van der Waals surface area contributed by atoms with Crippen molar-refractivity contribution in [2.45, 2.75) is 19.3 Å². The number of nitrogens with zero attached hydrogens (tertiary/aromatic N) is 3. The second-order valence-corrected chi connectivity index (χ2v) is 7.68. The minimum absolute atomic E-state index is 0.142. The van der Waals surface area contributed by atoms with Crippen LogP contribution >= 0.6 is 0 Å². The third-order valence-corrected chi connectivity index (χ3v) is 5.39. The molecule has 0 radical (unpaired) electrons. The van der Waals surface area contributed by atoms with Gasteiger partial charge in [-0.2, -0.15) is 5.26 Å². The molecule has 0 unspecified atom stereocenters. The Balaban J connectivity index is 1.54. The molecule has 5 nitrogen and oxygen atoms in total. The molecule has 1 aliphatic heterocycles. The summed E-state index contributed by atoms with van der Waals surface area (Å²) >= 11 is 0. The molecular weight excluding hydrogens is 360 g/mol. The van der Waals surface area contributed by atoms with E-state index in [4.69, 9.17) is 0 Å². The highest BCUT2D eigenvalue weighted by Gasteiger charge is 2.25. The van der Waals surface area contributed by atoms with Crippen molar-refractivity contribution in [2.24, 2.45) is 5.92 Å². The molecule has 3 rings (SSSR count). The molecule has 0 atom stereocenters. The number of likely N-dealkylation sites (tertiary alicyclic amines) is 1. The van der Waals surface area contributed by atoms with Crippen LogP contribution in [-0.4, -0.2) is 38.0 Å². The molecule has 1 amide bonds. The molecule has 0 aliphatic carbocycles. The van der Waals surface area contributed by atoms with Gasteiger partial charge >= 0.3 is 0 Å². The molecule has 0 spiro atoms. The molecule has 2 aromatic carbocycles. The lowest BCUT2D eigenvalue weighted by Gasteiger charge is -2.32. The maximum Gasteiger partial charge on any atom is 0.266 e. The third kappa shape index (κ3) is 5.61. The second-order valence-electron chi connectivity index (χ2n) is 7.68. The van der Waals surface area contributed by atoms with Crippen molar-refractivity contribution >= 4 is 17.3 Å². The number of carbonyl (C=O) groups excluding carboxylic acids is 1. The number of nitriles is 1. The largest absolute Gasteiger partial charge is 0.378 e. The maximum atomic E-state index is 12.7. The summed E-state index contributed by atoms with van der Waals surface area (Å²) in [5, 5.41) is 12.5. The maximum absolute atomic E-state index is 12.7. The van der Waals surface area contributed by atoms with Crippen LogP contribution < -0.4 is 10.2 Å². The number of amides is 1. The first-order valence-electron chi connectivity index (χ1n) is 10.0. The van der Waals surface area contributed by atoms with E-state index in [-0.39, 0.29) is 11.5 Å². The molecule has 150 valence electrons. The Labute approximate surface area is 173 Å². The smallest absolute Gasteiger partial charge is 0.266 e. The average Bonchev–Trinajstić information content (AvgIpc) is 2.75. The van der Waals surface area contributed by atoms with Crippen LogP contribution in [0.25, 0.3) is 0 Å². The Hall–Kier alpha value is -3.26. The van der Waals surface area contributed by atoms with Crippen molar-refractivity contribution in [3.63, 3.8) is 0 Å². The van der Waals surface area contributed by atoms with Gasteiger partial charge in [-0.3, -0.25) is 4.79 Å². The lowest BCUT2D eigenvalue weighted by Crippen LogP contribution is -2.39. The molecule has 1 aliphatic rings. The van der Waals surface area contributed by atoms with Gasteiger partial charge in [-0.25, -0.2) is 0 Å². The summed E-state index contributed by atoms with van der Waals surface area (Å²) in [7, 11) is 3.97. The number of nitrogens with one attached hydrogen (secondary N) is 1. The van der Waals surface area contributed by atoms with E-state index >= 15 is 0 Å². The third-order valence-electron chi connectivity index (χ3n) is 5.39. The van der Waals surface area contributed by atoms with Crippen LogP contribution in [0.3, 0.4) is 0 Å². The molecule has 1 N–H and O–H groups in total. The Morgan fingerprint density at radius 1 is 1.14 bits per heavy atom. The van der Waals surface area contributed by atoms with Gasteiger partial charge in [0.15, 0.2) is 0 Å². The Kier molecular flexibility index (Phi) is 6.91. The molecule has 1 heterocycles. The zero-order chi connectivity index (χ0) is 20.6. The van der Waals surface area contributed by atoms with Gasteiger partial charge in [0.05, 0.1) is 0 Å². The number of hydrogen-bond acceptors (Lipinski definition) is 4. The van der Waals surface area contributed by atoms with Gasteiger partial charge in [-0.05, 0) is 55.0 Å². The molecule has 29 heavy (non-hydrogen) atoms. The standard InChI is InChI=1S/C24H28N4O/c1-27(2)23-10-8-22(9-11-23)26-18-21(17-25)24(29)28-14-12-20(13-15-28)16-19-6-4-3-5-7-19/h3-11,18,20,26H,12-16H2,1-2H3/b21-18-. The summed E-state index contributed by atoms with van der Waals surface area (Å²) in [4.78, 5) is 16.6. The van der Waals surface area contributed by atoms with Crippen LogP contribution in [-0.2, 0) is 11.2 Å². The van der Waals surface area contributed by atoms with E-state index in [0.29, 0.717) is 19.0 Å². The molecule has 0 bridgehead atoms. The highest BCUT2D eigenvalue weighted by atomic mass is 16.2. The number of rotatable bonds is 6. The first-order valence-corrected chi connectivity index (χ1v) is 10.0. The number of benzene rings is 2. The van der Waals surface area contributed by atoms with Crippen molar-refractivity contribution < 1.29 is 4.79 Å². The summed E-state index contributed by atoms with van der Waals surface area (Å²) in [6.45, 7) is 1.40. The quantitative estimate of drug-likeness (QED) is 0.599. The van der Waals surface area contributed by atoms with E-state index in [0.717, 1.165) is 30.6 Å². The summed E-state index contributed by atoms with van der Waals surface area (Å²) in [6, 6.07) is 20.4. The predicted molar refractivity (Wildman–Crippen MR) is 118 cm³/mol. The highest BCUT2D eigenvalue weighted by molar-refractivity contribution is 5.97. The summed E-state index contributed by atoms with van der Waals surface area (Å²) in [5.41, 5.74) is 3.43. The number of piperidine rings is 1. The molecular formula is C24H28N4O. The van der Waals surface area contributed by atoms with Gasteiger partial charge in [0.25, 0.3) is 5.91 Å². The van der Waals surface area contributed by atoms with Crippen LogP contribution in [0, 0.1) is 17.2 Å². The predicted octanol–water partition coefficient (Wildman–Crippen LogP) is 4.05. The van der Waals surface area contributed by atoms with Gasteiger partial charge in [-0.15, -0.1) is 0 Å². The SMILES string of the molecule is CN(C)c1ccc(N/C=C(/C#N)C(=O)N2CCC(Cc3ccccc3)CC2)cc1. The fourth-order valence-corrected chi connectivity index (χ4v) is 3.61. The van der Waals surface area contributed by atoms with Crippen molar-refractivity contribution in [3.8, 4) is 6.07 Å². The van der Waals surface area contributed by atoms with E-state index < -0.39 is 0 Å². The van der Waals surface area contributed by atoms with Crippen LogP contribution in [0.2, 0.25) is 0 Å². The number of carbonyl (C=O) groups is 1. The van der Waals surface area contributed by atoms with E-state index in [1.54, 1.807) is 4.90 Å². The zero-order valence-corrected chi connectivity index (χ0v) is 17.1. The molecule has 1 fully saturated rings. The Morgan fingerprint density at radius 3 is 2.38 bits per heavy atom. The minimum atomic E-state index is -0.192. The average molecular weight is 389 g/mol.